The lowest BCUT2D eigenvalue weighted by molar-refractivity contribution is -0.138. The zero-order chi connectivity index (χ0) is 23.0. The Balaban J connectivity index is 1.99. The van der Waals surface area contributed by atoms with Crippen molar-refractivity contribution in [3.8, 4) is 0 Å². The normalized spacial score (nSPS) is 11.7. The Kier molecular flexibility index (Phi) is 8.66. The maximum Gasteiger partial charge on any atom is 0.251 e. The van der Waals surface area contributed by atoms with Gasteiger partial charge in [0.15, 0.2) is 0 Å². The molecule has 2 aromatic carbocycles. The number of nitrogens with zero attached hydrogens (tertiary/aromatic N) is 1. The number of benzene rings is 2. The van der Waals surface area contributed by atoms with E-state index in [0.29, 0.717) is 0 Å². The molecule has 8 heteroatoms. The highest BCUT2D eigenvalue weighted by molar-refractivity contribution is 5.98. The summed E-state index contributed by atoms with van der Waals surface area (Å²) >= 11 is 0. The van der Waals surface area contributed by atoms with Crippen molar-refractivity contribution in [2.24, 2.45) is 5.92 Å². The lowest BCUT2D eigenvalue weighted by Crippen LogP contribution is -2.53. The second-order valence-electron chi connectivity index (χ2n) is 7.46. The lowest BCUT2D eigenvalue weighted by atomic mass is 10.0. The maximum atomic E-state index is 13.1. The average Bonchev–Trinajstić information content (AvgIpc) is 2.75. The maximum absolute atomic E-state index is 13.1. The topological polar surface area (TPSA) is 78.5 Å². The molecule has 0 spiro atoms. The molecular formula is C23H27F2N3O3. The van der Waals surface area contributed by atoms with Gasteiger partial charge in [-0.2, -0.15) is 0 Å². The summed E-state index contributed by atoms with van der Waals surface area (Å²) in [4.78, 5) is 39.2. The summed E-state index contributed by atoms with van der Waals surface area (Å²) < 4.78 is 26.1. The molecule has 0 aliphatic heterocycles. The minimum absolute atomic E-state index is 0.174. The van der Waals surface area contributed by atoms with Crippen LogP contribution in [-0.2, 0) is 16.1 Å². The fourth-order valence-corrected chi connectivity index (χ4v) is 2.91. The predicted octanol–water partition coefficient (Wildman–Crippen LogP) is 2.88. The summed E-state index contributed by atoms with van der Waals surface area (Å²) in [6.07, 6.45) is 0. The van der Waals surface area contributed by atoms with Crippen LogP contribution in [0.25, 0.3) is 0 Å². The molecule has 0 aliphatic carbocycles. The van der Waals surface area contributed by atoms with E-state index in [-0.39, 0.29) is 48.7 Å². The first-order valence-corrected chi connectivity index (χ1v) is 10.1. The first-order chi connectivity index (χ1) is 14.7. The Morgan fingerprint density at radius 2 is 1.48 bits per heavy atom. The van der Waals surface area contributed by atoms with Gasteiger partial charge in [0.05, 0.1) is 6.54 Å². The second-order valence-corrected chi connectivity index (χ2v) is 7.46. The standard InChI is InChI=1S/C23H27F2N3O3/c1-4-28(14-20(29)26-13-16-5-9-18(24)10-6-16)23(31)21(15(2)3)27-22(30)17-7-11-19(25)12-8-17/h5-12,15,21H,4,13-14H2,1-3H3,(H,26,29)(H,27,30). The number of amides is 3. The van der Waals surface area contributed by atoms with Crippen LogP contribution in [0.15, 0.2) is 48.5 Å². The number of carbonyl (C=O) groups is 3. The van der Waals surface area contributed by atoms with Crippen LogP contribution in [0, 0.1) is 17.6 Å². The summed E-state index contributed by atoms with van der Waals surface area (Å²) in [5.41, 5.74) is 0.968. The van der Waals surface area contributed by atoms with Crippen LogP contribution in [0.2, 0.25) is 0 Å². The number of carbonyl (C=O) groups excluding carboxylic acids is 3. The van der Waals surface area contributed by atoms with Gasteiger partial charge in [-0.1, -0.05) is 26.0 Å². The number of likely N-dealkylation sites (N-methyl/N-ethyl adjacent to an activating group) is 1. The van der Waals surface area contributed by atoms with Gasteiger partial charge in [-0.3, -0.25) is 14.4 Å². The van der Waals surface area contributed by atoms with Crippen molar-refractivity contribution in [1.29, 1.82) is 0 Å². The van der Waals surface area contributed by atoms with Crippen LogP contribution in [0.3, 0.4) is 0 Å². The zero-order valence-corrected chi connectivity index (χ0v) is 17.8. The lowest BCUT2D eigenvalue weighted by Gasteiger charge is -2.28. The molecule has 0 saturated heterocycles. The summed E-state index contributed by atoms with van der Waals surface area (Å²) in [6.45, 7) is 5.63. The van der Waals surface area contributed by atoms with Crippen molar-refractivity contribution >= 4 is 17.7 Å². The monoisotopic (exact) mass is 431 g/mol. The molecular weight excluding hydrogens is 404 g/mol. The molecule has 166 valence electrons. The van der Waals surface area contributed by atoms with E-state index in [2.05, 4.69) is 10.6 Å². The largest absolute Gasteiger partial charge is 0.350 e. The third-order valence-corrected chi connectivity index (χ3v) is 4.76. The molecule has 2 aromatic rings. The van der Waals surface area contributed by atoms with Crippen molar-refractivity contribution in [1.82, 2.24) is 15.5 Å². The van der Waals surface area contributed by atoms with E-state index in [1.165, 1.54) is 41.3 Å². The van der Waals surface area contributed by atoms with E-state index in [9.17, 15) is 23.2 Å². The Bertz CT molecular complexity index is 899. The third kappa shape index (κ3) is 7.16. The third-order valence-electron chi connectivity index (χ3n) is 4.76. The number of hydrogen-bond acceptors (Lipinski definition) is 3. The van der Waals surface area contributed by atoms with Gasteiger partial charge < -0.3 is 15.5 Å². The van der Waals surface area contributed by atoms with E-state index < -0.39 is 17.8 Å². The fourth-order valence-electron chi connectivity index (χ4n) is 2.91. The SMILES string of the molecule is CCN(CC(=O)NCc1ccc(F)cc1)C(=O)C(NC(=O)c1ccc(F)cc1)C(C)C. The molecule has 2 N–H and O–H groups in total. The summed E-state index contributed by atoms with van der Waals surface area (Å²) in [5, 5.41) is 5.38. The fraction of sp³-hybridized carbons (Fsp3) is 0.348. The highest BCUT2D eigenvalue weighted by atomic mass is 19.1. The van der Waals surface area contributed by atoms with Gasteiger partial charge in [0, 0.05) is 18.7 Å². The molecule has 1 unspecified atom stereocenters. The van der Waals surface area contributed by atoms with Crippen LogP contribution < -0.4 is 10.6 Å². The summed E-state index contributed by atoms with van der Waals surface area (Å²) in [7, 11) is 0. The number of nitrogens with one attached hydrogen (secondary N) is 2. The molecule has 2 rings (SSSR count). The minimum atomic E-state index is -0.845. The Hall–Kier alpha value is -3.29. The molecule has 0 heterocycles. The molecule has 0 bridgehead atoms. The molecule has 0 radical (unpaired) electrons. The minimum Gasteiger partial charge on any atom is -0.350 e. The summed E-state index contributed by atoms with van der Waals surface area (Å²) in [6, 6.07) is 9.93. The van der Waals surface area contributed by atoms with E-state index >= 15 is 0 Å². The van der Waals surface area contributed by atoms with Crippen molar-refractivity contribution < 1.29 is 23.2 Å². The molecule has 1 atom stereocenters. The molecule has 6 nitrogen and oxygen atoms in total. The van der Waals surface area contributed by atoms with Gasteiger partial charge in [-0.25, -0.2) is 8.78 Å². The van der Waals surface area contributed by atoms with Gasteiger partial charge in [0.1, 0.15) is 17.7 Å². The predicted molar refractivity (Wildman–Crippen MR) is 113 cm³/mol. The van der Waals surface area contributed by atoms with Crippen LogP contribution in [0.4, 0.5) is 8.78 Å². The first-order valence-electron chi connectivity index (χ1n) is 10.1. The van der Waals surface area contributed by atoms with Gasteiger partial charge in [-0.15, -0.1) is 0 Å². The average molecular weight is 431 g/mol. The highest BCUT2D eigenvalue weighted by Crippen LogP contribution is 2.10. The number of halogens is 2. The molecule has 0 fully saturated rings. The van der Waals surface area contributed by atoms with Crippen molar-refractivity contribution in [2.45, 2.75) is 33.4 Å². The van der Waals surface area contributed by atoms with Crippen LogP contribution in [0.1, 0.15) is 36.7 Å². The highest BCUT2D eigenvalue weighted by Gasteiger charge is 2.29. The number of hydrogen-bond donors (Lipinski definition) is 2. The van der Waals surface area contributed by atoms with Crippen LogP contribution in [0.5, 0.6) is 0 Å². The van der Waals surface area contributed by atoms with Crippen LogP contribution >= 0.6 is 0 Å². The Morgan fingerprint density at radius 3 is 2.00 bits per heavy atom. The van der Waals surface area contributed by atoms with Gasteiger partial charge in [-0.05, 0) is 54.8 Å². The quantitative estimate of drug-likeness (QED) is 0.641. The van der Waals surface area contributed by atoms with E-state index in [1.54, 1.807) is 32.9 Å². The second kappa shape index (κ2) is 11.2. The van der Waals surface area contributed by atoms with E-state index in [4.69, 9.17) is 0 Å². The van der Waals surface area contributed by atoms with Crippen molar-refractivity contribution in [2.75, 3.05) is 13.1 Å². The van der Waals surface area contributed by atoms with Crippen molar-refractivity contribution in [3.05, 3.63) is 71.3 Å². The molecule has 0 aliphatic rings. The summed E-state index contributed by atoms with van der Waals surface area (Å²) in [5.74, 6) is -2.30. The molecule has 0 saturated carbocycles. The Morgan fingerprint density at radius 1 is 0.935 bits per heavy atom. The van der Waals surface area contributed by atoms with E-state index in [0.717, 1.165) is 5.56 Å². The molecule has 3 amide bonds. The smallest absolute Gasteiger partial charge is 0.251 e. The molecule has 31 heavy (non-hydrogen) atoms. The van der Waals surface area contributed by atoms with Crippen molar-refractivity contribution in [3.63, 3.8) is 0 Å². The van der Waals surface area contributed by atoms with Gasteiger partial charge in [0.25, 0.3) is 5.91 Å². The van der Waals surface area contributed by atoms with Gasteiger partial charge in [0.2, 0.25) is 11.8 Å². The number of rotatable bonds is 9. The Labute approximate surface area is 180 Å². The van der Waals surface area contributed by atoms with Gasteiger partial charge >= 0.3 is 0 Å². The zero-order valence-electron chi connectivity index (χ0n) is 17.8. The van der Waals surface area contributed by atoms with Crippen LogP contribution in [-0.4, -0.2) is 41.8 Å². The van der Waals surface area contributed by atoms with E-state index in [1.807, 2.05) is 0 Å². The molecule has 0 aromatic heterocycles. The first kappa shape index (κ1) is 24.0.